The first-order chi connectivity index (χ1) is 9.69. The van der Waals surface area contributed by atoms with Gasteiger partial charge in [-0.25, -0.2) is 0 Å². The third-order valence-corrected chi connectivity index (χ3v) is 5.13. The third-order valence-electron chi connectivity index (χ3n) is 4.64. The largest absolute Gasteiger partial charge is 0.361 e. The summed E-state index contributed by atoms with van der Waals surface area (Å²) in [6.07, 6.45) is 6.02. The Balaban J connectivity index is 1.80. The van der Waals surface area contributed by atoms with Gasteiger partial charge in [0.05, 0.1) is 0 Å². The molecular weight excluding hydrogens is 314 g/mol. The van der Waals surface area contributed by atoms with E-state index in [4.69, 9.17) is 5.73 Å². The van der Waals surface area contributed by atoms with Crippen molar-refractivity contribution in [2.45, 2.75) is 31.8 Å². The molecule has 2 unspecified atom stereocenters. The van der Waals surface area contributed by atoms with Gasteiger partial charge in [0.2, 0.25) is 0 Å². The number of hydrogen-bond donors (Lipinski definition) is 2. The van der Waals surface area contributed by atoms with Crippen molar-refractivity contribution in [1.82, 2.24) is 9.88 Å². The summed E-state index contributed by atoms with van der Waals surface area (Å²) in [5.41, 5.74) is 8.48. The molecule has 3 N–H and O–H groups in total. The number of aromatic amines is 1. The molecule has 20 heavy (non-hydrogen) atoms. The number of H-pyrrole nitrogens is 1. The van der Waals surface area contributed by atoms with E-state index >= 15 is 0 Å². The Labute approximate surface area is 128 Å². The van der Waals surface area contributed by atoms with Crippen LogP contribution in [0.5, 0.6) is 0 Å². The molecule has 0 amide bonds. The lowest BCUT2D eigenvalue weighted by Crippen LogP contribution is -2.37. The van der Waals surface area contributed by atoms with Crippen LogP contribution >= 0.6 is 15.9 Å². The zero-order valence-electron chi connectivity index (χ0n) is 11.9. The Bertz CT molecular complexity index is 592. The normalized spacial score (nSPS) is 23.0. The number of rotatable bonds is 4. The van der Waals surface area contributed by atoms with E-state index in [0.717, 1.165) is 17.6 Å². The molecule has 2 atom stereocenters. The number of aromatic nitrogens is 1. The van der Waals surface area contributed by atoms with Crippen LogP contribution in [0.25, 0.3) is 10.9 Å². The van der Waals surface area contributed by atoms with Crippen LogP contribution in [0.4, 0.5) is 0 Å². The maximum Gasteiger partial charge on any atom is 0.0458 e. The van der Waals surface area contributed by atoms with Crippen LogP contribution < -0.4 is 5.73 Å². The van der Waals surface area contributed by atoms with Crippen molar-refractivity contribution in [2.75, 3.05) is 13.6 Å². The van der Waals surface area contributed by atoms with E-state index in [1.807, 2.05) is 0 Å². The first-order valence-electron chi connectivity index (χ1n) is 7.35. The Morgan fingerprint density at radius 1 is 1.40 bits per heavy atom. The second kappa shape index (κ2) is 5.88. The quantitative estimate of drug-likeness (QED) is 0.898. The average Bonchev–Trinajstić information content (AvgIpc) is 3.05. The summed E-state index contributed by atoms with van der Waals surface area (Å²) in [5, 5.41) is 1.31. The molecule has 0 aliphatic heterocycles. The third kappa shape index (κ3) is 2.65. The molecule has 3 nitrogen and oxygen atoms in total. The molecule has 2 aromatic rings. The summed E-state index contributed by atoms with van der Waals surface area (Å²) in [5.74, 6) is 0.664. The lowest BCUT2D eigenvalue weighted by Gasteiger charge is -2.28. The smallest absolute Gasteiger partial charge is 0.0458 e. The fourth-order valence-corrected chi connectivity index (χ4v) is 3.90. The van der Waals surface area contributed by atoms with Gasteiger partial charge in [0.1, 0.15) is 0 Å². The molecule has 1 aromatic heterocycles. The minimum Gasteiger partial charge on any atom is -0.361 e. The SMILES string of the molecule is CN(Cc1c[nH]c2ccc(Br)cc12)C1CCCC1CN. The molecule has 1 aliphatic carbocycles. The van der Waals surface area contributed by atoms with Crippen molar-refractivity contribution in [2.24, 2.45) is 11.7 Å². The second-order valence-corrected chi connectivity index (χ2v) is 6.83. The van der Waals surface area contributed by atoms with E-state index in [9.17, 15) is 0 Å². The molecular formula is C16H22BrN3. The molecule has 4 heteroatoms. The molecule has 1 fully saturated rings. The number of hydrogen-bond acceptors (Lipinski definition) is 2. The van der Waals surface area contributed by atoms with Gasteiger partial charge in [-0.3, -0.25) is 4.90 Å². The van der Waals surface area contributed by atoms with Crippen LogP contribution in [0.1, 0.15) is 24.8 Å². The molecule has 0 saturated heterocycles. The van der Waals surface area contributed by atoms with Gasteiger partial charge >= 0.3 is 0 Å². The van der Waals surface area contributed by atoms with Crippen molar-refractivity contribution in [3.05, 3.63) is 34.4 Å². The van der Waals surface area contributed by atoms with Gasteiger partial charge < -0.3 is 10.7 Å². The van der Waals surface area contributed by atoms with Gasteiger partial charge in [-0.1, -0.05) is 22.4 Å². The van der Waals surface area contributed by atoms with Crippen molar-refractivity contribution < 1.29 is 0 Å². The van der Waals surface area contributed by atoms with Crippen molar-refractivity contribution in [1.29, 1.82) is 0 Å². The summed E-state index contributed by atoms with van der Waals surface area (Å²) in [4.78, 5) is 5.84. The highest BCUT2D eigenvalue weighted by Gasteiger charge is 2.29. The highest BCUT2D eigenvalue weighted by molar-refractivity contribution is 9.10. The molecule has 3 rings (SSSR count). The van der Waals surface area contributed by atoms with Crippen molar-refractivity contribution in [3.8, 4) is 0 Å². The van der Waals surface area contributed by atoms with Gasteiger partial charge in [0.25, 0.3) is 0 Å². The van der Waals surface area contributed by atoms with Crippen molar-refractivity contribution in [3.63, 3.8) is 0 Å². The number of nitrogens with zero attached hydrogens (tertiary/aromatic N) is 1. The monoisotopic (exact) mass is 335 g/mol. The molecule has 1 aliphatic rings. The fraction of sp³-hybridized carbons (Fsp3) is 0.500. The number of halogens is 1. The minimum atomic E-state index is 0.636. The van der Waals surface area contributed by atoms with Gasteiger partial charge in [-0.05, 0) is 56.1 Å². The molecule has 1 heterocycles. The highest BCUT2D eigenvalue weighted by Crippen LogP contribution is 2.30. The lowest BCUT2D eigenvalue weighted by atomic mass is 10.0. The molecule has 0 spiro atoms. The Morgan fingerprint density at radius 3 is 3.05 bits per heavy atom. The van der Waals surface area contributed by atoms with Crippen LogP contribution in [0, 0.1) is 5.92 Å². The summed E-state index contributed by atoms with van der Waals surface area (Å²) in [6.45, 7) is 1.80. The van der Waals surface area contributed by atoms with Crippen LogP contribution in [0.3, 0.4) is 0 Å². The van der Waals surface area contributed by atoms with E-state index in [2.05, 4.69) is 57.3 Å². The first kappa shape index (κ1) is 14.1. The van der Waals surface area contributed by atoms with Gasteiger partial charge in [0.15, 0.2) is 0 Å². The maximum atomic E-state index is 5.91. The molecule has 0 radical (unpaired) electrons. The summed E-state index contributed by atoms with van der Waals surface area (Å²) >= 11 is 3.56. The van der Waals surface area contributed by atoms with E-state index in [-0.39, 0.29) is 0 Å². The Kier molecular flexibility index (Phi) is 4.15. The summed E-state index contributed by atoms with van der Waals surface area (Å²) in [7, 11) is 2.23. The zero-order valence-corrected chi connectivity index (χ0v) is 13.5. The van der Waals surface area contributed by atoms with E-state index < -0.39 is 0 Å². The van der Waals surface area contributed by atoms with E-state index in [1.54, 1.807) is 0 Å². The predicted molar refractivity (Wildman–Crippen MR) is 87.6 cm³/mol. The van der Waals surface area contributed by atoms with Crippen molar-refractivity contribution >= 4 is 26.8 Å². The predicted octanol–water partition coefficient (Wildman–Crippen LogP) is 3.49. The molecule has 1 aromatic carbocycles. The maximum absolute atomic E-state index is 5.91. The second-order valence-electron chi connectivity index (χ2n) is 5.91. The van der Waals surface area contributed by atoms with E-state index in [0.29, 0.717) is 12.0 Å². The number of nitrogens with one attached hydrogen (secondary N) is 1. The minimum absolute atomic E-state index is 0.636. The van der Waals surface area contributed by atoms with Crippen LogP contribution in [-0.2, 0) is 6.54 Å². The Hall–Kier alpha value is -0.840. The molecule has 0 bridgehead atoms. The fourth-order valence-electron chi connectivity index (χ4n) is 3.54. The standard InChI is InChI=1S/C16H22BrN3/c1-20(16-4-2-3-11(16)8-18)10-12-9-19-15-6-5-13(17)7-14(12)15/h5-7,9,11,16,19H,2-4,8,10,18H2,1H3. The summed E-state index contributed by atoms with van der Waals surface area (Å²) in [6, 6.07) is 7.04. The van der Waals surface area contributed by atoms with E-state index in [1.165, 1.54) is 35.7 Å². The number of fused-ring (bicyclic) bond motifs is 1. The molecule has 108 valence electrons. The van der Waals surface area contributed by atoms with Crippen LogP contribution in [0.15, 0.2) is 28.9 Å². The lowest BCUT2D eigenvalue weighted by molar-refractivity contribution is 0.193. The number of benzene rings is 1. The highest BCUT2D eigenvalue weighted by atomic mass is 79.9. The molecule has 1 saturated carbocycles. The zero-order chi connectivity index (χ0) is 14.1. The summed E-state index contributed by atoms with van der Waals surface area (Å²) < 4.78 is 1.13. The average molecular weight is 336 g/mol. The number of nitrogens with two attached hydrogens (primary N) is 1. The van der Waals surface area contributed by atoms with Gasteiger partial charge in [-0.2, -0.15) is 0 Å². The van der Waals surface area contributed by atoms with Crippen LogP contribution in [0.2, 0.25) is 0 Å². The van der Waals surface area contributed by atoms with Gasteiger partial charge in [-0.15, -0.1) is 0 Å². The van der Waals surface area contributed by atoms with Gasteiger partial charge in [0, 0.05) is 34.2 Å². The van der Waals surface area contributed by atoms with Crippen LogP contribution in [-0.4, -0.2) is 29.5 Å². The first-order valence-corrected chi connectivity index (χ1v) is 8.14. The Morgan fingerprint density at radius 2 is 2.25 bits per heavy atom. The topological polar surface area (TPSA) is 45.0 Å².